The average Bonchev–Trinajstić information content (AvgIpc) is 3.12. The van der Waals surface area contributed by atoms with Crippen LogP contribution in [0.15, 0.2) is 18.6 Å². The molecule has 0 bridgehead atoms. The molecule has 6 heteroatoms. The maximum Gasteiger partial charge on any atom is 0.147 e. The van der Waals surface area contributed by atoms with Crippen LogP contribution < -0.4 is 4.90 Å². The first-order valence-corrected chi connectivity index (χ1v) is 11.9. The van der Waals surface area contributed by atoms with Crippen molar-refractivity contribution < 1.29 is 4.74 Å². The normalized spacial score (nSPS) is 15.9. The fourth-order valence-corrected chi connectivity index (χ4v) is 3.57. The van der Waals surface area contributed by atoms with Gasteiger partial charge >= 0.3 is 0 Å². The Balaban J connectivity index is 1.71. The SMILES string of the molecule is C[Si](C)(C)CCOCn1ccc2c(N3CCCC3)ncnc21. The van der Waals surface area contributed by atoms with E-state index in [9.17, 15) is 0 Å². The van der Waals surface area contributed by atoms with Crippen molar-refractivity contribution in [3.05, 3.63) is 18.6 Å². The van der Waals surface area contributed by atoms with E-state index in [0.29, 0.717) is 6.73 Å². The standard InChI is InChI=1S/C16H26N4OSi/c1-22(2,3)11-10-21-13-20-9-6-14-15(17-12-18-16(14)20)19-7-4-5-8-19/h6,9,12H,4-5,7-8,10-11,13H2,1-3H3. The highest BCUT2D eigenvalue weighted by molar-refractivity contribution is 6.76. The summed E-state index contributed by atoms with van der Waals surface area (Å²) in [5.74, 6) is 1.07. The van der Waals surface area contributed by atoms with Crippen LogP contribution in [0.25, 0.3) is 11.0 Å². The van der Waals surface area contributed by atoms with Crippen LogP contribution in [-0.2, 0) is 11.5 Å². The van der Waals surface area contributed by atoms with Gasteiger partial charge in [-0.3, -0.25) is 0 Å². The molecular weight excluding hydrogens is 292 g/mol. The topological polar surface area (TPSA) is 43.2 Å². The van der Waals surface area contributed by atoms with Gasteiger partial charge in [0.1, 0.15) is 24.5 Å². The zero-order valence-electron chi connectivity index (χ0n) is 13.9. The summed E-state index contributed by atoms with van der Waals surface area (Å²) in [6.45, 7) is 10.7. The van der Waals surface area contributed by atoms with Gasteiger partial charge in [0.05, 0.1) is 5.39 Å². The monoisotopic (exact) mass is 318 g/mol. The maximum absolute atomic E-state index is 5.85. The molecule has 0 amide bonds. The lowest BCUT2D eigenvalue weighted by molar-refractivity contribution is 0.0899. The Kier molecular flexibility index (Phi) is 4.49. The predicted octanol–water partition coefficient (Wildman–Crippen LogP) is 3.34. The zero-order valence-corrected chi connectivity index (χ0v) is 14.9. The smallest absolute Gasteiger partial charge is 0.147 e. The number of anilines is 1. The van der Waals surface area contributed by atoms with Gasteiger partial charge in [0.25, 0.3) is 0 Å². The lowest BCUT2D eigenvalue weighted by Crippen LogP contribution is -2.22. The second kappa shape index (κ2) is 6.38. The van der Waals surface area contributed by atoms with E-state index in [1.807, 2.05) is 0 Å². The third-order valence-corrected chi connectivity index (χ3v) is 5.87. The quantitative estimate of drug-likeness (QED) is 0.605. The van der Waals surface area contributed by atoms with Crippen molar-refractivity contribution in [3.63, 3.8) is 0 Å². The molecule has 0 atom stereocenters. The van der Waals surface area contributed by atoms with Gasteiger partial charge in [-0.05, 0) is 25.0 Å². The Labute approximate surface area is 133 Å². The van der Waals surface area contributed by atoms with Gasteiger partial charge in [0, 0.05) is 34.0 Å². The highest BCUT2D eigenvalue weighted by Crippen LogP contribution is 2.26. The molecule has 120 valence electrons. The Hall–Kier alpha value is -1.40. The highest BCUT2D eigenvalue weighted by Gasteiger charge is 2.18. The van der Waals surface area contributed by atoms with Crippen LogP contribution in [0.3, 0.4) is 0 Å². The van der Waals surface area contributed by atoms with Gasteiger partial charge in [-0.1, -0.05) is 19.6 Å². The summed E-state index contributed by atoms with van der Waals surface area (Å²) < 4.78 is 7.94. The van der Waals surface area contributed by atoms with Crippen LogP contribution in [-0.4, -0.2) is 42.3 Å². The molecule has 2 aromatic heterocycles. The van der Waals surface area contributed by atoms with Crippen LogP contribution >= 0.6 is 0 Å². The molecule has 1 aliphatic heterocycles. The first kappa shape index (κ1) is 15.5. The van der Waals surface area contributed by atoms with Crippen molar-refractivity contribution in [2.45, 2.75) is 45.3 Å². The van der Waals surface area contributed by atoms with Crippen molar-refractivity contribution in [1.29, 1.82) is 0 Å². The summed E-state index contributed by atoms with van der Waals surface area (Å²) in [5, 5.41) is 1.14. The molecule has 0 N–H and O–H groups in total. The molecule has 5 nitrogen and oxygen atoms in total. The minimum absolute atomic E-state index is 0.574. The van der Waals surface area contributed by atoms with Crippen LogP contribution in [0.5, 0.6) is 0 Å². The third kappa shape index (κ3) is 3.49. The maximum atomic E-state index is 5.85. The molecule has 1 fully saturated rings. The van der Waals surface area contributed by atoms with E-state index in [4.69, 9.17) is 4.74 Å². The lowest BCUT2D eigenvalue weighted by Gasteiger charge is -2.17. The summed E-state index contributed by atoms with van der Waals surface area (Å²) in [5.41, 5.74) is 0.977. The van der Waals surface area contributed by atoms with Crippen molar-refractivity contribution in [3.8, 4) is 0 Å². The van der Waals surface area contributed by atoms with E-state index >= 15 is 0 Å². The molecule has 0 radical (unpaired) electrons. The van der Waals surface area contributed by atoms with E-state index in [0.717, 1.165) is 36.5 Å². The number of rotatable bonds is 6. The number of hydrogen-bond donors (Lipinski definition) is 0. The van der Waals surface area contributed by atoms with Crippen molar-refractivity contribution in [1.82, 2.24) is 14.5 Å². The lowest BCUT2D eigenvalue weighted by atomic mass is 10.3. The summed E-state index contributed by atoms with van der Waals surface area (Å²) in [6.07, 6.45) is 6.25. The number of nitrogens with zero attached hydrogens (tertiary/aromatic N) is 4. The Morgan fingerprint density at radius 1 is 1.18 bits per heavy atom. The number of ether oxygens (including phenoxy) is 1. The fraction of sp³-hybridized carbons (Fsp3) is 0.625. The predicted molar refractivity (Wildman–Crippen MR) is 93.1 cm³/mol. The van der Waals surface area contributed by atoms with Crippen molar-refractivity contribution in [2.24, 2.45) is 0 Å². The van der Waals surface area contributed by atoms with Crippen LogP contribution in [0, 0.1) is 0 Å². The van der Waals surface area contributed by atoms with Gasteiger partial charge in [-0.2, -0.15) is 0 Å². The largest absolute Gasteiger partial charge is 0.361 e. The molecule has 3 heterocycles. The van der Waals surface area contributed by atoms with E-state index in [-0.39, 0.29) is 0 Å². The molecule has 0 unspecified atom stereocenters. The third-order valence-electron chi connectivity index (χ3n) is 4.17. The summed E-state index contributed by atoms with van der Waals surface area (Å²) in [6, 6.07) is 3.31. The number of fused-ring (bicyclic) bond motifs is 1. The average molecular weight is 318 g/mol. The van der Waals surface area contributed by atoms with Crippen molar-refractivity contribution in [2.75, 3.05) is 24.6 Å². The van der Waals surface area contributed by atoms with Crippen molar-refractivity contribution >= 4 is 24.9 Å². The Morgan fingerprint density at radius 3 is 2.68 bits per heavy atom. The highest BCUT2D eigenvalue weighted by atomic mass is 28.3. The van der Waals surface area contributed by atoms with E-state index in [2.05, 4.69) is 51.3 Å². The van der Waals surface area contributed by atoms with E-state index in [1.165, 1.54) is 18.9 Å². The van der Waals surface area contributed by atoms with Gasteiger partial charge in [-0.25, -0.2) is 9.97 Å². The summed E-state index contributed by atoms with van der Waals surface area (Å²) in [4.78, 5) is 11.3. The first-order valence-electron chi connectivity index (χ1n) is 8.17. The summed E-state index contributed by atoms with van der Waals surface area (Å²) >= 11 is 0. The van der Waals surface area contributed by atoms with Gasteiger partial charge in [0.2, 0.25) is 0 Å². The minimum atomic E-state index is -1.03. The van der Waals surface area contributed by atoms with E-state index in [1.54, 1.807) is 6.33 Å². The summed E-state index contributed by atoms with van der Waals surface area (Å²) in [7, 11) is -1.03. The van der Waals surface area contributed by atoms with Gasteiger partial charge < -0.3 is 14.2 Å². The first-order chi connectivity index (χ1) is 10.5. The molecular formula is C16H26N4OSi. The second-order valence-electron chi connectivity index (χ2n) is 7.26. The molecule has 3 rings (SSSR count). The van der Waals surface area contributed by atoms with Crippen LogP contribution in [0.2, 0.25) is 25.7 Å². The van der Waals surface area contributed by atoms with E-state index < -0.39 is 8.07 Å². The van der Waals surface area contributed by atoms with Gasteiger partial charge in [-0.15, -0.1) is 0 Å². The van der Waals surface area contributed by atoms with Crippen LogP contribution in [0.4, 0.5) is 5.82 Å². The zero-order chi connectivity index (χ0) is 15.6. The minimum Gasteiger partial charge on any atom is -0.361 e. The fourth-order valence-electron chi connectivity index (χ4n) is 2.82. The Bertz CT molecular complexity index is 629. The molecule has 2 aromatic rings. The molecule has 22 heavy (non-hydrogen) atoms. The number of aromatic nitrogens is 3. The molecule has 0 saturated carbocycles. The molecule has 1 aliphatic rings. The molecule has 0 aliphatic carbocycles. The van der Waals surface area contributed by atoms with Crippen LogP contribution in [0.1, 0.15) is 12.8 Å². The Morgan fingerprint density at radius 2 is 1.95 bits per heavy atom. The second-order valence-corrected chi connectivity index (χ2v) is 12.9. The molecule has 0 aromatic carbocycles. The molecule has 1 saturated heterocycles. The van der Waals surface area contributed by atoms with Gasteiger partial charge in [0.15, 0.2) is 0 Å². The number of hydrogen-bond acceptors (Lipinski definition) is 4. The molecule has 0 spiro atoms.